The molecule has 0 saturated carbocycles. The van der Waals surface area contributed by atoms with Crippen molar-refractivity contribution in [1.29, 1.82) is 0 Å². The van der Waals surface area contributed by atoms with Gasteiger partial charge in [-0.1, -0.05) is 0 Å². The third-order valence-corrected chi connectivity index (χ3v) is 2.51. The summed E-state index contributed by atoms with van der Waals surface area (Å²) in [6.45, 7) is 4.54. The van der Waals surface area contributed by atoms with E-state index >= 15 is 0 Å². The third kappa shape index (κ3) is 1.65. The standard InChI is InChI=1S/C10H15N3O/c1-8-7-14-5-4-13(8)10-6-12-3-2-9(10)11/h2-3,6,8H,4-5,7H2,1H3,(H2,11,12). The molecule has 0 bridgehead atoms. The molecule has 4 heteroatoms. The lowest BCUT2D eigenvalue weighted by atomic mass is 10.2. The first-order valence-electron chi connectivity index (χ1n) is 4.83. The Morgan fingerprint density at radius 1 is 1.64 bits per heavy atom. The molecule has 2 heterocycles. The van der Waals surface area contributed by atoms with E-state index in [0.717, 1.165) is 31.1 Å². The van der Waals surface area contributed by atoms with Gasteiger partial charge in [0.05, 0.1) is 30.8 Å². The maximum absolute atomic E-state index is 5.89. The Hall–Kier alpha value is -1.29. The lowest BCUT2D eigenvalue weighted by Crippen LogP contribution is -2.44. The maximum atomic E-state index is 5.89. The summed E-state index contributed by atoms with van der Waals surface area (Å²) >= 11 is 0. The second-order valence-electron chi connectivity index (χ2n) is 3.55. The van der Waals surface area contributed by atoms with Gasteiger partial charge >= 0.3 is 0 Å². The SMILES string of the molecule is CC1COCCN1c1cnccc1N. The first-order valence-corrected chi connectivity index (χ1v) is 4.83. The number of nitrogens with zero attached hydrogens (tertiary/aromatic N) is 2. The van der Waals surface area contributed by atoms with Crippen molar-refractivity contribution in [3.05, 3.63) is 18.5 Å². The van der Waals surface area contributed by atoms with Gasteiger partial charge in [0.2, 0.25) is 0 Å². The normalized spacial score (nSPS) is 22.4. The minimum atomic E-state index is 0.371. The van der Waals surface area contributed by atoms with Crippen LogP contribution in [-0.4, -0.2) is 30.8 Å². The van der Waals surface area contributed by atoms with E-state index < -0.39 is 0 Å². The highest BCUT2D eigenvalue weighted by Gasteiger charge is 2.20. The maximum Gasteiger partial charge on any atom is 0.0790 e. The van der Waals surface area contributed by atoms with Crippen molar-refractivity contribution in [2.24, 2.45) is 0 Å². The van der Waals surface area contributed by atoms with Gasteiger partial charge in [-0.15, -0.1) is 0 Å². The van der Waals surface area contributed by atoms with Crippen LogP contribution >= 0.6 is 0 Å². The zero-order valence-electron chi connectivity index (χ0n) is 8.31. The van der Waals surface area contributed by atoms with Gasteiger partial charge in [0.1, 0.15) is 0 Å². The number of hydrogen-bond acceptors (Lipinski definition) is 4. The van der Waals surface area contributed by atoms with E-state index in [-0.39, 0.29) is 0 Å². The van der Waals surface area contributed by atoms with Crippen molar-refractivity contribution in [3.8, 4) is 0 Å². The monoisotopic (exact) mass is 193 g/mol. The van der Waals surface area contributed by atoms with Crippen LogP contribution in [0.15, 0.2) is 18.5 Å². The van der Waals surface area contributed by atoms with E-state index in [1.54, 1.807) is 6.20 Å². The van der Waals surface area contributed by atoms with Crippen molar-refractivity contribution in [1.82, 2.24) is 4.98 Å². The van der Waals surface area contributed by atoms with Crippen molar-refractivity contribution in [2.45, 2.75) is 13.0 Å². The predicted octanol–water partition coefficient (Wildman–Crippen LogP) is 0.889. The van der Waals surface area contributed by atoms with Crippen LogP contribution in [0.4, 0.5) is 11.4 Å². The molecule has 1 saturated heterocycles. The van der Waals surface area contributed by atoms with Crippen LogP contribution in [0.2, 0.25) is 0 Å². The molecule has 1 aromatic rings. The lowest BCUT2D eigenvalue weighted by Gasteiger charge is -2.35. The Morgan fingerprint density at radius 2 is 2.50 bits per heavy atom. The molecule has 1 fully saturated rings. The second-order valence-corrected chi connectivity index (χ2v) is 3.55. The topological polar surface area (TPSA) is 51.4 Å². The van der Waals surface area contributed by atoms with E-state index in [1.165, 1.54) is 0 Å². The minimum absolute atomic E-state index is 0.371. The minimum Gasteiger partial charge on any atom is -0.397 e. The van der Waals surface area contributed by atoms with E-state index in [4.69, 9.17) is 10.5 Å². The van der Waals surface area contributed by atoms with Crippen molar-refractivity contribution >= 4 is 11.4 Å². The molecule has 1 aliphatic heterocycles. The van der Waals surface area contributed by atoms with E-state index in [0.29, 0.717) is 6.04 Å². The molecule has 2 rings (SSSR count). The predicted molar refractivity (Wildman–Crippen MR) is 56.3 cm³/mol. The van der Waals surface area contributed by atoms with E-state index in [1.807, 2.05) is 12.3 Å². The van der Waals surface area contributed by atoms with Crippen LogP contribution in [0.1, 0.15) is 6.92 Å². The zero-order chi connectivity index (χ0) is 9.97. The molecule has 0 spiro atoms. The number of pyridine rings is 1. The summed E-state index contributed by atoms with van der Waals surface area (Å²) < 4.78 is 5.37. The van der Waals surface area contributed by atoms with Crippen molar-refractivity contribution in [3.63, 3.8) is 0 Å². The Kier molecular flexibility index (Phi) is 2.54. The molecule has 2 N–H and O–H groups in total. The van der Waals surface area contributed by atoms with Crippen molar-refractivity contribution < 1.29 is 4.74 Å². The Labute approximate surface area is 83.7 Å². The fourth-order valence-corrected chi connectivity index (χ4v) is 1.72. The molecule has 14 heavy (non-hydrogen) atoms. The molecule has 1 unspecified atom stereocenters. The quantitative estimate of drug-likeness (QED) is 0.719. The number of aromatic nitrogens is 1. The van der Waals surface area contributed by atoms with Crippen LogP contribution in [0.5, 0.6) is 0 Å². The highest BCUT2D eigenvalue weighted by atomic mass is 16.5. The number of morpholine rings is 1. The molecule has 0 aromatic carbocycles. The van der Waals surface area contributed by atoms with Gasteiger partial charge in [-0.05, 0) is 13.0 Å². The van der Waals surface area contributed by atoms with Crippen LogP contribution < -0.4 is 10.6 Å². The van der Waals surface area contributed by atoms with Crippen LogP contribution in [0, 0.1) is 0 Å². The molecule has 4 nitrogen and oxygen atoms in total. The first kappa shape index (κ1) is 9.27. The summed E-state index contributed by atoms with van der Waals surface area (Å²) in [7, 11) is 0. The summed E-state index contributed by atoms with van der Waals surface area (Å²) in [5.41, 5.74) is 7.69. The largest absolute Gasteiger partial charge is 0.397 e. The Morgan fingerprint density at radius 3 is 3.21 bits per heavy atom. The number of hydrogen-bond donors (Lipinski definition) is 1. The van der Waals surface area contributed by atoms with Gasteiger partial charge in [-0.25, -0.2) is 0 Å². The summed E-state index contributed by atoms with van der Waals surface area (Å²) in [6.07, 6.45) is 3.53. The van der Waals surface area contributed by atoms with Gasteiger partial charge < -0.3 is 15.4 Å². The summed E-state index contributed by atoms with van der Waals surface area (Å²) in [5, 5.41) is 0. The first-order chi connectivity index (χ1) is 6.79. The van der Waals surface area contributed by atoms with Crippen molar-refractivity contribution in [2.75, 3.05) is 30.4 Å². The molecule has 1 atom stereocenters. The molecule has 0 amide bonds. The van der Waals surface area contributed by atoms with Gasteiger partial charge in [-0.3, -0.25) is 4.98 Å². The molecule has 1 aliphatic rings. The fourth-order valence-electron chi connectivity index (χ4n) is 1.72. The smallest absolute Gasteiger partial charge is 0.0790 e. The molecule has 1 aromatic heterocycles. The summed E-state index contributed by atoms with van der Waals surface area (Å²) in [6, 6.07) is 2.20. The Bertz CT molecular complexity index is 316. The second kappa shape index (κ2) is 3.84. The number of anilines is 2. The highest BCUT2D eigenvalue weighted by molar-refractivity contribution is 5.66. The average Bonchev–Trinajstić information content (AvgIpc) is 2.20. The average molecular weight is 193 g/mol. The van der Waals surface area contributed by atoms with Crippen LogP contribution in [-0.2, 0) is 4.74 Å². The van der Waals surface area contributed by atoms with E-state index in [2.05, 4.69) is 16.8 Å². The fraction of sp³-hybridized carbons (Fsp3) is 0.500. The molecule has 0 aliphatic carbocycles. The van der Waals surface area contributed by atoms with Gasteiger partial charge in [0.25, 0.3) is 0 Å². The Balaban J connectivity index is 2.25. The van der Waals surface area contributed by atoms with Gasteiger partial charge in [0, 0.05) is 18.8 Å². The molecular weight excluding hydrogens is 178 g/mol. The van der Waals surface area contributed by atoms with E-state index in [9.17, 15) is 0 Å². The molecule has 0 radical (unpaired) electrons. The number of ether oxygens (including phenoxy) is 1. The lowest BCUT2D eigenvalue weighted by molar-refractivity contribution is 0.0990. The van der Waals surface area contributed by atoms with Crippen LogP contribution in [0.25, 0.3) is 0 Å². The zero-order valence-corrected chi connectivity index (χ0v) is 8.31. The number of nitrogens with two attached hydrogens (primary N) is 1. The third-order valence-electron chi connectivity index (χ3n) is 2.51. The summed E-state index contributed by atoms with van der Waals surface area (Å²) in [4.78, 5) is 6.33. The van der Waals surface area contributed by atoms with Crippen LogP contribution in [0.3, 0.4) is 0 Å². The van der Waals surface area contributed by atoms with Gasteiger partial charge in [0.15, 0.2) is 0 Å². The molecular formula is C10H15N3O. The molecule has 76 valence electrons. The highest BCUT2D eigenvalue weighted by Crippen LogP contribution is 2.24. The van der Waals surface area contributed by atoms with Gasteiger partial charge in [-0.2, -0.15) is 0 Å². The number of nitrogen functional groups attached to an aromatic ring is 1. The summed E-state index contributed by atoms with van der Waals surface area (Å²) in [5.74, 6) is 0. The number of rotatable bonds is 1.